The van der Waals surface area contributed by atoms with E-state index in [-0.39, 0.29) is 5.56 Å². The maximum atomic E-state index is 12.1. The van der Waals surface area contributed by atoms with Gasteiger partial charge in [-0.15, -0.1) is 0 Å². The summed E-state index contributed by atoms with van der Waals surface area (Å²) in [6.45, 7) is 0. The van der Waals surface area contributed by atoms with E-state index in [2.05, 4.69) is 10.2 Å². The number of H-pyrrole nitrogens is 1. The summed E-state index contributed by atoms with van der Waals surface area (Å²) < 4.78 is 15.8. The van der Waals surface area contributed by atoms with Gasteiger partial charge in [-0.2, -0.15) is 5.10 Å². The van der Waals surface area contributed by atoms with E-state index in [0.29, 0.717) is 28.3 Å². The average molecular weight is 312 g/mol. The number of aromatic nitrogens is 2. The molecule has 23 heavy (non-hydrogen) atoms. The van der Waals surface area contributed by atoms with Crippen molar-refractivity contribution in [3.63, 3.8) is 0 Å². The lowest BCUT2D eigenvalue weighted by Gasteiger charge is -2.12. The van der Waals surface area contributed by atoms with Gasteiger partial charge in [0.2, 0.25) is 0 Å². The fourth-order valence-corrected chi connectivity index (χ4v) is 2.47. The minimum Gasteiger partial charge on any atom is -0.497 e. The van der Waals surface area contributed by atoms with E-state index in [0.717, 1.165) is 10.9 Å². The molecule has 0 saturated heterocycles. The molecule has 1 N–H and O–H groups in total. The Kier molecular flexibility index (Phi) is 3.89. The lowest BCUT2D eigenvalue weighted by atomic mass is 10.0. The smallest absolute Gasteiger partial charge is 0.272 e. The first-order valence-corrected chi connectivity index (χ1v) is 6.96. The molecule has 0 aliphatic rings. The van der Waals surface area contributed by atoms with Gasteiger partial charge in [0.1, 0.15) is 22.9 Å². The Hall–Kier alpha value is -3.02. The third kappa shape index (κ3) is 2.59. The summed E-state index contributed by atoms with van der Waals surface area (Å²) in [6.07, 6.45) is 0. The van der Waals surface area contributed by atoms with E-state index in [1.807, 2.05) is 18.2 Å². The van der Waals surface area contributed by atoms with Gasteiger partial charge < -0.3 is 14.2 Å². The number of fused-ring (bicyclic) bond motifs is 1. The van der Waals surface area contributed by atoms with E-state index in [9.17, 15) is 4.79 Å². The first kappa shape index (κ1) is 14.9. The molecule has 0 fully saturated rings. The average Bonchev–Trinajstić information content (AvgIpc) is 2.61. The molecule has 1 heterocycles. The number of hydrogen-bond acceptors (Lipinski definition) is 5. The molecular weight excluding hydrogens is 296 g/mol. The Balaban J connectivity index is 2.29. The molecule has 0 radical (unpaired) electrons. The van der Waals surface area contributed by atoms with Crippen molar-refractivity contribution < 1.29 is 14.2 Å². The Morgan fingerprint density at radius 3 is 2.26 bits per heavy atom. The van der Waals surface area contributed by atoms with Crippen LogP contribution in [0.4, 0.5) is 0 Å². The highest BCUT2D eigenvalue weighted by Crippen LogP contribution is 2.35. The van der Waals surface area contributed by atoms with Crippen LogP contribution in [0.2, 0.25) is 0 Å². The molecule has 0 bridgehead atoms. The van der Waals surface area contributed by atoms with Gasteiger partial charge in [-0.3, -0.25) is 4.79 Å². The highest BCUT2D eigenvalue weighted by atomic mass is 16.5. The number of ether oxygens (including phenoxy) is 3. The second kappa shape index (κ2) is 6.00. The van der Waals surface area contributed by atoms with Gasteiger partial charge in [0.25, 0.3) is 5.56 Å². The summed E-state index contributed by atoms with van der Waals surface area (Å²) in [6, 6.07) is 10.7. The minimum absolute atomic E-state index is 0.268. The summed E-state index contributed by atoms with van der Waals surface area (Å²) in [4.78, 5) is 12.1. The summed E-state index contributed by atoms with van der Waals surface area (Å²) in [5.74, 6) is 1.91. The standard InChI is InChI=1S/C17H16N2O4/c1-21-10-4-6-12-14(8-10)17(20)19-18-16(12)13-7-5-11(22-2)9-15(13)23-3/h4-9H,1-3H3,(H,19,20). The molecular formula is C17H16N2O4. The number of aromatic amines is 1. The van der Waals surface area contributed by atoms with Crippen LogP contribution in [0.15, 0.2) is 41.2 Å². The van der Waals surface area contributed by atoms with Crippen molar-refractivity contribution >= 4 is 10.8 Å². The van der Waals surface area contributed by atoms with Crippen LogP contribution < -0.4 is 19.8 Å². The molecule has 0 saturated carbocycles. The van der Waals surface area contributed by atoms with Gasteiger partial charge >= 0.3 is 0 Å². The molecule has 0 atom stereocenters. The Morgan fingerprint density at radius 1 is 0.870 bits per heavy atom. The third-order valence-corrected chi connectivity index (χ3v) is 3.66. The molecule has 0 unspecified atom stereocenters. The molecule has 0 spiro atoms. The fourth-order valence-electron chi connectivity index (χ4n) is 2.47. The largest absolute Gasteiger partial charge is 0.497 e. The molecule has 0 amide bonds. The zero-order valence-electron chi connectivity index (χ0n) is 13.0. The molecule has 6 nitrogen and oxygen atoms in total. The Morgan fingerprint density at radius 2 is 1.57 bits per heavy atom. The SMILES string of the molecule is COc1ccc(-c2n[nH]c(=O)c3cc(OC)ccc23)c(OC)c1. The zero-order chi connectivity index (χ0) is 16.4. The van der Waals surface area contributed by atoms with E-state index in [1.165, 1.54) is 0 Å². The number of benzene rings is 2. The van der Waals surface area contributed by atoms with Crippen LogP contribution in [0.3, 0.4) is 0 Å². The van der Waals surface area contributed by atoms with Crippen molar-refractivity contribution in [3.05, 3.63) is 46.8 Å². The third-order valence-electron chi connectivity index (χ3n) is 3.66. The van der Waals surface area contributed by atoms with Crippen LogP contribution in [-0.2, 0) is 0 Å². The van der Waals surface area contributed by atoms with Gasteiger partial charge in [-0.1, -0.05) is 0 Å². The number of rotatable bonds is 4. The lowest BCUT2D eigenvalue weighted by Crippen LogP contribution is -2.10. The molecule has 2 aromatic carbocycles. The molecule has 3 aromatic rings. The van der Waals surface area contributed by atoms with Gasteiger partial charge in [-0.25, -0.2) is 5.10 Å². The van der Waals surface area contributed by atoms with Crippen molar-refractivity contribution in [2.24, 2.45) is 0 Å². The summed E-state index contributed by atoms with van der Waals surface area (Å²) in [7, 11) is 4.73. The Bertz CT molecular complexity index is 918. The molecule has 3 rings (SSSR count). The van der Waals surface area contributed by atoms with Crippen LogP contribution >= 0.6 is 0 Å². The number of methoxy groups -OCH3 is 3. The molecule has 118 valence electrons. The second-order valence-corrected chi connectivity index (χ2v) is 4.88. The Labute approximate surface area is 132 Å². The van der Waals surface area contributed by atoms with Gasteiger partial charge in [0.15, 0.2) is 0 Å². The highest BCUT2D eigenvalue weighted by Gasteiger charge is 2.14. The van der Waals surface area contributed by atoms with E-state index in [1.54, 1.807) is 39.5 Å². The van der Waals surface area contributed by atoms with Crippen molar-refractivity contribution in [1.29, 1.82) is 0 Å². The molecule has 6 heteroatoms. The van der Waals surface area contributed by atoms with Crippen molar-refractivity contribution in [3.8, 4) is 28.5 Å². The first-order valence-electron chi connectivity index (χ1n) is 6.96. The predicted octanol–water partition coefficient (Wildman–Crippen LogP) is 2.62. The van der Waals surface area contributed by atoms with Gasteiger partial charge in [0.05, 0.1) is 26.7 Å². The lowest BCUT2D eigenvalue weighted by molar-refractivity contribution is 0.395. The normalized spacial score (nSPS) is 10.6. The summed E-state index contributed by atoms with van der Waals surface area (Å²) in [5, 5.41) is 7.95. The van der Waals surface area contributed by atoms with E-state index < -0.39 is 0 Å². The summed E-state index contributed by atoms with van der Waals surface area (Å²) in [5.41, 5.74) is 1.12. The maximum Gasteiger partial charge on any atom is 0.272 e. The maximum absolute atomic E-state index is 12.1. The minimum atomic E-state index is -0.268. The van der Waals surface area contributed by atoms with Crippen molar-refractivity contribution in [2.45, 2.75) is 0 Å². The first-order chi connectivity index (χ1) is 11.2. The van der Waals surface area contributed by atoms with Gasteiger partial charge in [-0.05, 0) is 30.3 Å². The predicted molar refractivity (Wildman–Crippen MR) is 87.5 cm³/mol. The molecule has 0 aliphatic heterocycles. The molecule has 1 aromatic heterocycles. The fraction of sp³-hybridized carbons (Fsp3) is 0.176. The number of nitrogens with zero attached hydrogens (tertiary/aromatic N) is 1. The van der Waals surface area contributed by atoms with Crippen LogP contribution in [-0.4, -0.2) is 31.5 Å². The van der Waals surface area contributed by atoms with Gasteiger partial charge in [0, 0.05) is 17.0 Å². The van der Waals surface area contributed by atoms with Crippen molar-refractivity contribution in [1.82, 2.24) is 10.2 Å². The zero-order valence-corrected chi connectivity index (χ0v) is 13.0. The summed E-state index contributed by atoms with van der Waals surface area (Å²) >= 11 is 0. The monoisotopic (exact) mass is 312 g/mol. The van der Waals surface area contributed by atoms with Crippen molar-refractivity contribution in [2.75, 3.05) is 21.3 Å². The van der Waals surface area contributed by atoms with Crippen LogP contribution in [0, 0.1) is 0 Å². The quantitative estimate of drug-likeness (QED) is 0.801. The number of hydrogen-bond donors (Lipinski definition) is 1. The van der Waals surface area contributed by atoms with Crippen LogP contribution in [0.5, 0.6) is 17.2 Å². The van der Waals surface area contributed by atoms with Crippen LogP contribution in [0.25, 0.3) is 22.0 Å². The highest BCUT2D eigenvalue weighted by molar-refractivity contribution is 5.95. The van der Waals surface area contributed by atoms with Crippen LogP contribution in [0.1, 0.15) is 0 Å². The topological polar surface area (TPSA) is 73.4 Å². The molecule has 0 aliphatic carbocycles. The number of nitrogens with one attached hydrogen (secondary N) is 1. The second-order valence-electron chi connectivity index (χ2n) is 4.88. The van der Waals surface area contributed by atoms with E-state index in [4.69, 9.17) is 14.2 Å². The van der Waals surface area contributed by atoms with E-state index >= 15 is 0 Å².